The zero-order valence-electron chi connectivity index (χ0n) is 12.7. The molecule has 4 rings (SSSR count). The van der Waals surface area contributed by atoms with Gasteiger partial charge in [-0.25, -0.2) is 0 Å². The third kappa shape index (κ3) is 2.11. The van der Waals surface area contributed by atoms with Crippen molar-refractivity contribution in [2.24, 2.45) is 5.92 Å². The van der Waals surface area contributed by atoms with E-state index in [-0.39, 0.29) is 0 Å². The van der Waals surface area contributed by atoms with Crippen LogP contribution in [0.15, 0.2) is 0 Å². The van der Waals surface area contributed by atoms with Crippen molar-refractivity contribution in [3.05, 3.63) is 0 Å². The van der Waals surface area contributed by atoms with Gasteiger partial charge < -0.3 is 9.64 Å². The molecule has 0 radical (unpaired) electrons. The Balaban J connectivity index is 1.79. The summed E-state index contributed by atoms with van der Waals surface area (Å²) in [5.74, 6) is 1.70. The third-order valence-corrected chi connectivity index (χ3v) is 6.23. The van der Waals surface area contributed by atoms with Crippen LogP contribution in [0.3, 0.4) is 0 Å². The predicted molar refractivity (Wildman–Crippen MR) is 85.1 cm³/mol. The lowest BCUT2D eigenvalue weighted by Crippen LogP contribution is -2.49. The zero-order chi connectivity index (χ0) is 13.8. The summed E-state index contributed by atoms with van der Waals surface area (Å²) in [7, 11) is 1.42. The maximum atomic E-state index is 6.02. The van der Waals surface area contributed by atoms with Gasteiger partial charge in [0, 0.05) is 6.04 Å². The molecule has 4 heteroatoms. The van der Waals surface area contributed by atoms with Crippen molar-refractivity contribution in [1.82, 2.24) is 4.90 Å². The van der Waals surface area contributed by atoms with Gasteiger partial charge in [0.2, 0.25) is 0 Å². The highest BCUT2D eigenvalue weighted by Gasteiger charge is 2.53. The fourth-order valence-electron chi connectivity index (χ4n) is 4.69. The summed E-state index contributed by atoms with van der Waals surface area (Å²) in [6.45, 7) is 9.28. The summed E-state index contributed by atoms with van der Waals surface area (Å²) in [5, 5.41) is 1.38. The molecule has 4 atom stereocenters. The number of fused-ring (bicyclic) bond motifs is 1. The Labute approximate surface area is 123 Å². The molecule has 3 aliphatic heterocycles. The summed E-state index contributed by atoms with van der Waals surface area (Å²) >= 11 is 5.45. The fourth-order valence-corrected chi connectivity index (χ4v) is 5.16. The fraction of sp³-hybridized carbons (Fsp3) is 0.933. The van der Waals surface area contributed by atoms with Gasteiger partial charge in [0.05, 0.1) is 6.04 Å². The largest absolute Gasteiger partial charge is 0.465 e. The second-order valence-corrected chi connectivity index (χ2v) is 7.91. The molecule has 0 N–H and O–H groups in total. The van der Waals surface area contributed by atoms with Crippen molar-refractivity contribution in [1.29, 1.82) is 0 Å². The first-order valence-corrected chi connectivity index (χ1v) is 8.33. The van der Waals surface area contributed by atoms with Gasteiger partial charge in [0.25, 0.3) is 5.17 Å². The molecule has 4 unspecified atom stereocenters. The van der Waals surface area contributed by atoms with Gasteiger partial charge in [0.1, 0.15) is 13.4 Å². The van der Waals surface area contributed by atoms with Crippen LogP contribution in [0, 0.1) is 5.92 Å². The smallest absolute Gasteiger partial charge is 0.260 e. The van der Waals surface area contributed by atoms with Crippen LogP contribution in [-0.2, 0) is 4.74 Å². The van der Waals surface area contributed by atoms with Crippen molar-refractivity contribution in [3.63, 3.8) is 0 Å². The number of nitrogens with zero attached hydrogens (tertiary/aromatic N) is 1. The molecule has 1 saturated carbocycles. The third-order valence-electron chi connectivity index (χ3n) is 5.92. The molecule has 106 valence electrons. The zero-order valence-corrected chi connectivity index (χ0v) is 13.5. The highest BCUT2D eigenvalue weighted by Crippen LogP contribution is 2.61. The van der Waals surface area contributed by atoms with Crippen LogP contribution in [0.4, 0.5) is 0 Å². The molecule has 2 nitrogen and oxygen atoms in total. The summed E-state index contributed by atoms with van der Waals surface area (Å²) in [6.07, 6.45) is 5.63. The lowest BCUT2D eigenvalue weighted by atomic mass is 9.26. The highest BCUT2D eigenvalue weighted by atomic mass is 32.1. The van der Waals surface area contributed by atoms with Crippen LogP contribution in [0.1, 0.15) is 53.4 Å². The summed E-state index contributed by atoms with van der Waals surface area (Å²) in [5.41, 5.74) is 0. The molecule has 2 bridgehead atoms. The minimum absolute atomic E-state index is 0.366. The van der Waals surface area contributed by atoms with E-state index in [1.807, 2.05) is 0 Å². The number of rotatable bonds is 2. The average molecular weight is 279 g/mol. The minimum atomic E-state index is 0.366. The van der Waals surface area contributed by atoms with E-state index < -0.39 is 0 Å². The molecule has 3 saturated heterocycles. The standard InChI is InChI=1S/C15H26BNOS/c1-9(2)15-6-5-12-13(7-11(8-15)16-15)18-14(19)17(12)10(3)4/h9-13,16H,5-8H2,1-4H3. The van der Waals surface area contributed by atoms with Gasteiger partial charge in [-0.05, 0) is 44.8 Å². The van der Waals surface area contributed by atoms with Crippen LogP contribution < -0.4 is 0 Å². The van der Waals surface area contributed by atoms with Crippen LogP contribution in [0.5, 0.6) is 0 Å². The molecule has 4 aliphatic rings. The predicted octanol–water partition coefficient (Wildman–Crippen LogP) is 3.38. The SMILES string of the molecule is CC(C)N1C(=S)OC2CC3BC(C(C)C)(CCC21)C3. The second-order valence-electron chi connectivity index (χ2n) is 7.56. The van der Waals surface area contributed by atoms with E-state index in [0.717, 1.165) is 16.9 Å². The molecule has 3 heterocycles. The van der Waals surface area contributed by atoms with Gasteiger partial charge in [-0.2, -0.15) is 0 Å². The number of ether oxygens (including phenoxy) is 1. The maximum Gasteiger partial charge on any atom is 0.260 e. The number of hydrogen-bond acceptors (Lipinski definition) is 2. The van der Waals surface area contributed by atoms with E-state index in [0.29, 0.717) is 23.5 Å². The van der Waals surface area contributed by atoms with Gasteiger partial charge in [-0.3, -0.25) is 0 Å². The Morgan fingerprint density at radius 3 is 2.63 bits per heavy atom. The Hall–Kier alpha value is -0.245. The van der Waals surface area contributed by atoms with E-state index >= 15 is 0 Å². The highest BCUT2D eigenvalue weighted by molar-refractivity contribution is 7.80. The Morgan fingerprint density at radius 1 is 1.37 bits per heavy atom. The van der Waals surface area contributed by atoms with Crippen molar-refractivity contribution in [2.75, 3.05) is 0 Å². The Bertz CT molecular complexity index is 378. The number of thiocarbonyl (C=S) groups is 1. The van der Waals surface area contributed by atoms with E-state index in [4.69, 9.17) is 17.0 Å². The van der Waals surface area contributed by atoms with Crippen LogP contribution in [0.2, 0.25) is 11.1 Å². The van der Waals surface area contributed by atoms with Crippen molar-refractivity contribution >= 4 is 24.7 Å². The Kier molecular flexibility index (Phi) is 3.36. The maximum absolute atomic E-state index is 6.02. The van der Waals surface area contributed by atoms with Gasteiger partial charge >= 0.3 is 0 Å². The first-order valence-electron chi connectivity index (χ1n) is 7.92. The molecule has 0 aromatic heterocycles. The normalized spacial score (nSPS) is 41.3. The molecule has 0 aromatic carbocycles. The first kappa shape index (κ1) is 13.7. The molecular weight excluding hydrogens is 253 g/mol. The average Bonchev–Trinajstić information content (AvgIpc) is 2.51. The van der Waals surface area contributed by atoms with Crippen LogP contribution >= 0.6 is 12.2 Å². The topological polar surface area (TPSA) is 12.5 Å². The van der Waals surface area contributed by atoms with Gasteiger partial charge in [-0.15, -0.1) is 0 Å². The van der Waals surface area contributed by atoms with Crippen LogP contribution in [0.25, 0.3) is 0 Å². The van der Waals surface area contributed by atoms with Crippen molar-refractivity contribution in [3.8, 4) is 0 Å². The van der Waals surface area contributed by atoms with E-state index in [1.165, 1.54) is 33.0 Å². The molecule has 4 fully saturated rings. The minimum Gasteiger partial charge on any atom is -0.465 e. The Morgan fingerprint density at radius 2 is 2.05 bits per heavy atom. The quantitative estimate of drug-likeness (QED) is 0.568. The summed E-state index contributed by atoms with van der Waals surface area (Å²) < 4.78 is 6.02. The number of hydrogen-bond donors (Lipinski definition) is 0. The van der Waals surface area contributed by atoms with Crippen molar-refractivity contribution < 1.29 is 4.74 Å². The lowest BCUT2D eigenvalue weighted by Gasteiger charge is -2.53. The van der Waals surface area contributed by atoms with E-state index in [1.54, 1.807) is 0 Å². The molecule has 1 aliphatic carbocycles. The van der Waals surface area contributed by atoms with Gasteiger partial charge in [0.15, 0.2) is 0 Å². The molecule has 19 heavy (non-hydrogen) atoms. The van der Waals surface area contributed by atoms with Crippen LogP contribution in [-0.4, -0.2) is 35.5 Å². The molecule has 0 spiro atoms. The first-order chi connectivity index (χ1) is 8.93. The summed E-state index contributed by atoms with van der Waals surface area (Å²) in [6, 6.07) is 1.00. The van der Waals surface area contributed by atoms with Crippen molar-refractivity contribution in [2.45, 2.75) is 82.7 Å². The molecule has 0 amide bonds. The monoisotopic (exact) mass is 279 g/mol. The van der Waals surface area contributed by atoms with E-state index in [9.17, 15) is 0 Å². The summed E-state index contributed by atoms with van der Waals surface area (Å²) in [4.78, 5) is 2.36. The van der Waals surface area contributed by atoms with E-state index in [2.05, 4.69) is 32.6 Å². The van der Waals surface area contributed by atoms with Gasteiger partial charge in [-0.1, -0.05) is 37.8 Å². The molecule has 0 aromatic rings. The second kappa shape index (κ2) is 4.65. The molecular formula is C15H26BNOS. The lowest BCUT2D eigenvalue weighted by molar-refractivity contribution is 0.120.